The Kier molecular flexibility index (Phi) is 4.85. The Hall–Kier alpha value is -2.01. The van der Waals surface area contributed by atoms with E-state index in [0.717, 1.165) is 5.56 Å². The largest absolute Gasteiger partial charge is 0.399 e. The number of nitrogens with two attached hydrogens (primary N) is 1. The van der Waals surface area contributed by atoms with Gasteiger partial charge in [0, 0.05) is 12.2 Å². The predicted molar refractivity (Wildman–Crippen MR) is 87.0 cm³/mol. The summed E-state index contributed by atoms with van der Waals surface area (Å²) in [6, 6.07) is 14.5. The smallest absolute Gasteiger partial charge is 0.180 e. The summed E-state index contributed by atoms with van der Waals surface area (Å²) in [5.41, 5.74) is 8.08. The minimum Gasteiger partial charge on any atom is -0.399 e. The minimum absolute atomic E-state index is 0.157. The van der Waals surface area contributed by atoms with Crippen molar-refractivity contribution in [3.63, 3.8) is 0 Å². The highest BCUT2D eigenvalue weighted by atomic mass is 32.2. The predicted octanol–water partition coefficient (Wildman–Crippen LogP) is 3.06. The Balaban J connectivity index is 2.21. The van der Waals surface area contributed by atoms with Gasteiger partial charge in [0.05, 0.1) is 16.3 Å². The number of nitrogens with one attached hydrogen (secondary N) is 1. The first-order chi connectivity index (χ1) is 10.0. The van der Waals surface area contributed by atoms with Crippen LogP contribution in [0.2, 0.25) is 0 Å². The summed E-state index contributed by atoms with van der Waals surface area (Å²) >= 11 is 0. The zero-order valence-corrected chi connectivity index (χ0v) is 12.9. The van der Waals surface area contributed by atoms with Gasteiger partial charge >= 0.3 is 0 Å². The highest BCUT2D eigenvalue weighted by Crippen LogP contribution is 2.23. The summed E-state index contributed by atoms with van der Waals surface area (Å²) < 4.78 is 24.5. The van der Waals surface area contributed by atoms with Gasteiger partial charge in [0.15, 0.2) is 9.84 Å². The monoisotopic (exact) mass is 304 g/mol. The fourth-order valence-corrected chi connectivity index (χ4v) is 3.68. The van der Waals surface area contributed by atoms with Gasteiger partial charge in [-0.2, -0.15) is 0 Å². The van der Waals surface area contributed by atoms with Gasteiger partial charge in [-0.3, -0.25) is 0 Å². The number of hydrogen-bond donors (Lipinski definition) is 2. The molecule has 0 aliphatic carbocycles. The van der Waals surface area contributed by atoms with Gasteiger partial charge in [0.25, 0.3) is 0 Å². The first-order valence-corrected chi connectivity index (χ1v) is 8.58. The lowest BCUT2D eigenvalue weighted by Crippen LogP contribution is -2.10. The molecule has 5 heteroatoms. The van der Waals surface area contributed by atoms with E-state index in [1.807, 2.05) is 37.3 Å². The standard InChI is InChI=1S/C16H20N2O2S/c1-2-10-21(19,20)16-9-4-3-8-15(16)18-12-13-6-5-7-14(17)11-13/h3-9,11,18H,2,10,12,17H2,1H3. The van der Waals surface area contributed by atoms with E-state index in [4.69, 9.17) is 5.73 Å². The van der Waals surface area contributed by atoms with Gasteiger partial charge in [-0.15, -0.1) is 0 Å². The molecule has 0 atom stereocenters. The van der Waals surface area contributed by atoms with Crippen molar-refractivity contribution in [3.05, 3.63) is 54.1 Å². The molecule has 2 aromatic rings. The van der Waals surface area contributed by atoms with Crippen molar-refractivity contribution in [2.75, 3.05) is 16.8 Å². The van der Waals surface area contributed by atoms with E-state index in [2.05, 4.69) is 5.32 Å². The van der Waals surface area contributed by atoms with E-state index in [-0.39, 0.29) is 5.75 Å². The first kappa shape index (κ1) is 15.4. The molecular formula is C16H20N2O2S. The van der Waals surface area contributed by atoms with Crippen molar-refractivity contribution in [2.24, 2.45) is 0 Å². The lowest BCUT2D eigenvalue weighted by molar-refractivity contribution is 0.595. The van der Waals surface area contributed by atoms with E-state index in [1.54, 1.807) is 18.2 Å². The number of sulfone groups is 1. The molecule has 0 aliphatic heterocycles. The summed E-state index contributed by atoms with van der Waals surface area (Å²) in [6.45, 7) is 2.39. The molecule has 0 aliphatic rings. The van der Waals surface area contributed by atoms with E-state index in [1.165, 1.54) is 0 Å². The number of para-hydroxylation sites is 1. The topological polar surface area (TPSA) is 72.2 Å². The second kappa shape index (κ2) is 6.63. The normalized spacial score (nSPS) is 11.3. The van der Waals surface area contributed by atoms with Gasteiger partial charge in [0.2, 0.25) is 0 Å². The average molecular weight is 304 g/mol. The SMILES string of the molecule is CCCS(=O)(=O)c1ccccc1NCc1cccc(N)c1. The molecule has 3 N–H and O–H groups in total. The Morgan fingerprint density at radius 1 is 1.10 bits per heavy atom. The van der Waals surface area contributed by atoms with Crippen LogP contribution in [-0.2, 0) is 16.4 Å². The zero-order chi connectivity index (χ0) is 15.3. The molecule has 0 aromatic heterocycles. The highest BCUT2D eigenvalue weighted by molar-refractivity contribution is 7.91. The maximum atomic E-state index is 12.3. The van der Waals surface area contributed by atoms with Gasteiger partial charge in [-0.05, 0) is 36.2 Å². The van der Waals surface area contributed by atoms with Crippen LogP contribution in [0, 0.1) is 0 Å². The number of hydrogen-bond acceptors (Lipinski definition) is 4. The molecule has 0 spiro atoms. The van der Waals surface area contributed by atoms with Crippen LogP contribution >= 0.6 is 0 Å². The molecule has 0 heterocycles. The number of benzene rings is 2. The molecule has 0 saturated heterocycles. The van der Waals surface area contributed by atoms with E-state index >= 15 is 0 Å². The lowest BCUT2D eigenvalue weighted by Gasteiger charge is -2.12. The van der Waals surface area contributed by atoms with Crippen molar-refractivity contribution in [2.45, 2.75) is 24.8 Å². The molecule has 112 valence electrons. The molecule has 0 unspecified atom stereocenters. The second-order valence-corrected chi connectivity index (χ2v) is 6.99. The van der Waals surface area contributed by atoms with E-state index in [9.17, 15) is 8.42 Å². The molecule has 2 aromatic carbocycles. The van der Waals surface area contributed by atoms with Crippen LogP contribution in [0.4, 0.5) is 11.4 Å². The van der Waals surface area contributed by atoms with E-state index < -0.39 is 9.84 Å². The van der Waals surface area contributed by atoms with Crippen LogP contribution in [0.3, 0.4) is 0 Å². The number of anilines is 2. The quantitative estimate of drug-likeness (QED) is 0.805. The molecule has 0 amide bonds. The van der Waals surface area contributed by atoms with Crippen molar-refractivity contribution in [1.29, 1.82) is 0 Å². The molecule has 0 saturated carbocycles. The zero-order valence-electron chi connectivity index (χ0n) is 12.0. The van der Waals surface area contributed by atoms with Gasteiger partial charge < -0.3 is 11.1 Å². The van der Waals surface area contributed by atoms with Crippen molar-refractivity contribution >= 4 is 21.2 Å². The van der Waals surface area contributed by atoms with Crippen molar-refractivity contribution in [1.82, 2.24) is 0 Å². The van der Waals surface area contributed by atoms with Gasteiger partial charge in [-0.1, -0.05) is 31.2 Å². The average Bonchev–Trinajstić information content (AvgIpc) is 2.45. The second-order valence-electron chi connectivity index (χ2n) is 4.91. The summed E-state index contributed by atoms with van der Waals surface area (Å²) in [4.78, 5) is 0.357. The van der Waals surface area contributed by atoms with Crippen molar-refractivity contribution in [3.8, 4) is 0 Å². The van der Waals surface area contributed by atoms with Crippen LogP contribution in [0.25, 0.3) is 0 Å². The van der Waals surface area contributed by atoms with Crippen LogP contribution < -0.4 is 11.1 Å². The Morgan fingerprint density at radius 2 is 1.86 bits per heavy atom. The summed E-state index contributed by atoms with van der Waals surface area (Å²) in [5, 5.41) is 3.19. The number of nitrogen functional groups attached to an aromatic ring is 1. The van der Waals surface area contributed by atoms with Gasteiger partial charge in [-0.25, -0.2) is 8.42 Å². The third-order valence-electron chi connectivity index (χ3n) is 3.13. The Labute approximate surface area is 125 Å². The van der Waals surface area contributed by atoms with Crippen LogP contribution in [0.15, 0.2) is 53.4 Å². The van der Waals surface area contributed by atoms with Crippen LogP contribution in [-0.4, -0.2) is 14.2 Å². The summed E-state index contributed by atoms with van der Waals surface area (Å²) in [7, 11) is -3.24. The first-order valence-electron chi connectivity index (χ1n) is 6.93. The maximum absolute atomic E-state index is 12.3. The molecule has 0 radical (unpaired) electrons. The third-order valence-corrected chi connectivity index (χ3v) is 5.10. The van der Waals surface area contributed by atoms with Crippen LogP contribution in [0.1, 0.15) is 18.9 Å². The van der Waals surface area contributed by atoms with E-state index in [0.29, 0.717) is 29.2 Å². The fourth-order valence-electron chi connectivity index (χ4n) is 2.16. The molecule has 2 rings (SSSR count). The number of rotatable bonds is 6. The summed E-state index contributed by atoms with van der Waals surface area (Å²) in [6.07, 6.45) is 0.603. The molecule has 0 fully saturated rings. The summed E-state index contributed by atoms with van der Waals surface area (Å²) in [5.74, 6) is 0.157. The fraction of sp³-hybridized carbons (Fsp3) is 0.250. The maximum Gasteiger partial charge on any atom is 0.180 e. The molecule has 21 heavy (non-hydrogen) atoms. The van der Waals surface area contributed by atoms with Crippen LogP contribution in [0.5, 0.6) is 0 Å². The molecule has 0 bridgehead atoms. The third kappa shape index (κ3) is 3.98. The Bertz CT molecular complexity index is 712. The van der Waals surface area contributed by atoms with Crippen molar-refractivity contribution < 1.29 is 8.42 Å². The minimum atomic E-state index is -3.24. The molecule has 4 nitrogen and oxygen atoms in total. The lowest BCUT2D eigenvalue weighted by atomic mass is 10.2. The molecular weight excluding hydrogens is 284 g/mol. The Morgan fingerprint density at radius 3 is 2.57 bits per heavy atom. The van der Waals surface area contributed by atoms with Gasteiger partial charge in [0.1, 0.15) is 0 Å². The highest BCUT2D eigenvalue weighted by Gasteiger charge is 2.16.